The van der Waals surface area contributed by atoms with Crippen LogP contribution in [0.2, 0.25) is 0 Å². The van der Waals surface area contributed by atoms with E-state index in [9.17, 15) is 4.79 Å². The summed E-state index contributed by atoms with van der Waals surface area (Å²) in [6.07, 6.45) is 26.9. The topological polar surface area (TPSA) is 49.3 Å². The maximum absolute atomic E-state index is 11.3. The number of unbranched alkanes of at least 4 members (excludes halogenated alkanes) is 7. The smallest absolute Gasteiger partial charge is 0.220 e. The van der Waals surface area contributed by atoms with Crippen LogP contribution in [0.1, 0.15) is 84.0 Å². The fourth-order valence-electron chi connectivity index (χ4n) is 2.47. The van der Waals surface area contributed by atoms with Gasteiger partial charge in [-0.2, -0.15) is 0 Å². The van der Waals surface area contributed by atoms with Gasteiger partial charge in [0.2, 0.25) is 5.91 Å². The zero-order valence-corrected chi connectivity index (χ0v) is 16.2. The second-order valence-corrected chi connectivity index (χ2v) is 6.41. The van der Waals surface area contributed by atoms with Gasteiger partial charge < -0.3 is 10.4 Å². The molecule has 0 rings (SSSR count). The van der Waals surface area contributed by atoms with E-state index < -0.39 is 0 Å². The van der Waals surface area contributed by atoms with Gasteiger partial charge in [-0.05, 0) is 44.9 Å². The van der Waals surface area contributed by atoms with Gasteiger partial charge in [-0.3, -0.25) is 4.79 Å². The van der Waals surface area contributed by atoms with Crippen molar-refractivity contribution in [3.05, 3.63) is 36.5 Å². The standard InChI is InChI=1S/C22H39NO2/c1-2-3-4-5-6-7-8-9-10-11-12-13-14-15-16-17-18-19-22(25)23-20-21-24/h6-7,9-10,12-13,24H,2-5,8,11,14-21H2,1H3,(H,23,25)/b7-6+,10-9+,13-12+. The lowest BCUT2D eigenvalue weighted by Crippen LogP contribution is -2.25. The molecule has 3 heteroatoms. The minimum atomic E-state index is 0.0169. The molecule has 0 heterocycles. The Morgan fingerprint density at radius 3 is 1.96 bits per heavy atom. The first-order chi connectivity index (χ1) is 12.3. The van der Waals surface area contributed by atoms with Crippen LogP contribution in [0.5, 0.6) is 0 Å². The number of rotatable bonds is 17. The average molecular weight is 350 g/mol. The molecule has 0 bridgehead atoms. The molecule has 2 N–H and O–H groups in total. The van der Waals surface area contributed by atoms with Crippen LogP contribution in [0.4, 0.5) is 0 Å². The largest absolute Gasteiger partial charge is 0.395 e. The monoisotopic (exact) mass is 349 g/mol. The Balaban J connectivity index is 3.32. The molecule has 0 aromatic heterocycles. The van der Waals surface area contributed by atoms with Crippen LogP contribution in [-0.4, -0.2) is 24.2 Å². The molecule has 0 radical (unpaired) electrons. The van der Waals surface area contributed by atoms with Crippen molar-refractivity contribution >= 4 is 5.91 Å². The summed E-state index contributed by atoms with van der Waals surface area (Å²) in [7, 11) is 0. The number of aliphatic hydroxyl groups is 1. The van der Waals surface area contributed by atoms with Crippen molar-refractivity contribution in [3.63, 3.8) is 0 Å². The summed E-state index contributed by atoms with van der Waals surface area (Å²) < 4.78 is 0. The van der Waals surface area contributed by atoms with Crippen molar-refractivity contribution in [2.75, 3.05) is 13.2 Å². The van der Waals surface area contributed by atoms with Crippen molar-refractivity contribution in [1.29, 1.82) is 0 Å². The van der Waals surface area contributed by atoms with Gasteiger partial charge in [0.15, 0.2) is 0 Å². The van der Waals surface area contributed by atoms with Crippen LogP contribution < -0.4 is 5.32 Å². The highest BCUT2D eigenvalue weighted by Crippen LogP contribution is 2.06. The molecule has 0 aliphatic rings. The molecular weight excluding hydrogens is 310 g/mol. The van der Waals surface area contributed by atoms with Crippen LogP contribution in [0.15, 0.2) is 36.5 Å². The number of carbonyl (C=O) groups is 1. The third kappa shape index (κ3) is 20.6. The van der Waals surface area contributed by atoms with Gasteiger partial charge in [-0.25, -0.2) is 0 Å². The second-order valence-electron chi connectivity index (χ2n) is 6.41. The molecular formula is C22H39NO2. The summed E-state index contributed by atoms with van der Waals surface area (Å²) in [5.74, 6) is 0.0523. The van der Waals surface area contributed by atoms with Crippen molar-refractivity contribution in [1.82, 2.24) is 5.32 Å². The Labute approximate surface area is 155 Å². The van der Waals surface area contributed by atoms with E-state index in [4.69, 9.17) is 5.11 Å². The van der Waals surface area contributed by atoms with E-state index in [2.05, 4.69) is 48.7 Å². The van der Waals surface area contributed by atoms with Gasteiger partial charge in [-0.15, -0.1) is 0 Å². The van der Waals surface area contributed by atoms with E-state index in [1.165, 1.54) is 38.5 Å². The number of carbonyl (C=O) groups excluding carboxylic acids is 1. The summed E-state index contributed by atoms with van der Waals surface area (Å²) in [6, 6.07) is 0. The number of hydrogen-bond acceptors (Lipinski definition) is 2. The quantitative estimate of drug-likeness (QED) is 0.270. The summed E-state index contributed by atoms with van der Waals surface area (Å²) >= 11 is 0. The molecule has 0 atom stereocenters. The third-order valence-corrected chi connectivity index (χ3v) is 3.98. The van der Waals surface area contributed by atoms with E-state index in [1.807, 2.05) is 0 Å². The minimum absolute atomic E-state index is 0.0169. The lowest BCUT2D eigenvalue weighted by Gasteiger charge is -2.02. The predicted octanol–water partition coefficient (Wildman–Crippen LogP) is 5.46. The average Bonchev–Trinajstić information content (AvgIpc) is 2.62. The Morgan fingerprint density at radius 2 is 1.36 bits per heavy atom. The molecule has 3 nitrogen and oxygen atoms in total. The lowest BCUT2D eigenvalue weighted by atomic mass is 10.1. The maximum Gasteiger partial charge on any atom is 0.220 e. The van der Waals surface area contributed by atoms with E-state index in [0.29, 0.717) is 13.0 Å². The number of nitrogens with one attached hydrogen (secondary N) is 1. The third-order valence-electron chi connectivity index (χ3n) is 3.98. The maximum atomic E-state index is 11.3. The second kappa shape index (κ2) is 20.7. The fraction of sp³-hybridized carbons (Fsp3) is 0.682. The Kier molecular flexibility index (Phi) is 19.6. The van der Waals surface area contributed by atoms with Gasteiger partial charge in [0.05, 0.1) is 6.61 Å². The Bertz CT molecular complexity index is 372. The predicted molar refractivity (Wildman–Crippen MR) is 109 cm³/mol. The van der Waals surface area contributed by atoms with Crippen molar-refractivity contribution in [3.8, 4) is 0 Å². The molecule has 0 aliphatic heterocycles. The highest BCUT2D eigenvalue weighted by atomic mass is 16.3. The lowest BCUT2D eigenvalue weighted by molar-refractivity contribution is -0.121. The number of aliphatic hydroxyl groups excluding tert-OH is 1. The first-order valence-electron chi connectivity index (χ1n) is 10.1. The van der Waals surface area contributed by atoms with Gasteiger partial charge in [0.25, 0.3) is 0 Å². The highest BCUT2D eigenvalue weighted by Gasteiger charge is 1.99. The zero-order chi connectivity index (χ0) is 18.4. The zero-order valence-electron chi connectivity index (χ0n) is 16.2. The molecule has 25 heavy (non-hydrogen) atoms. The molecule has 0 unspecified atom stereocenters. The Morgan fingerprint density at radius 1 is 0.800 bits per heavy atom. The molecule has 0 saturated carbocycles. The van der Waals surface area contributed by atoms with Crippen LogP contribution in [-0.2, 0) is 4.79 Å². The van der Waals surface area contributed by atoms with Crippen LogP contribution in [0.25, 0.3) is 0 Å². The molecule has 144 valence electrons. The molecule has 0 fully saturated rings. The van der Waals surface area contributed by atoms with Crippen LogP contribution in [0.3, 0.4) is 0 Å². The van der Waals surface area contributed by atoms with Gasteiger partial charge in [-0.1, -0.05) is 69.1 Å². The number of hydrogen-bond donors (Lipinski definition) is 2. The van der Waals surface area contributed by atoms with Gasteiger partial charge >= 0.3 is 0 Å². The normalized spacial score (nSPS) is 11.9. The SMILES string of the molecule is CCCCC/C=C/C/C=C/C/C=C/CCCCCCC(=O)NCCO. The molecule has 0 saturated heterocycles. The molecule has 1 amide bonds. The van der Waals surface area contributed by atoms with Crippen molar-refractivity contribution < 1.29 is 9.90 Å². The van der Waals surface area contributed by atoms with Gasteiger partial charge in [0.1, 0.15) is 0 Å². The van der Waals surface area contributed by atoms with E-state index in [-0.39, 0.29) is 12.5 Å². The first-order valence-corrected chi connectivity index (χ1v) is 10.1. The first kappa shape index (κ1) is 23.6. The summed E-state index contributed by atoms with van der Waals surface area (Å²) in [5, 5.41) is 11.3. The summed E-state index contributed by atoms with van der Waals surface area (Å²) in [6.45, 7) is 2.62. The van der Waals surface area contributed by atoms with E-state index in [1.54, 1.807) is 0 Å². The van der Waals surface area contributed by atoms with Crippen molar-refractivity contribution in [2.24, 2.45) is 0 Å². The summed E-state index contributed by atoms with van der Waals surface area (Å²) in [5.41, 5.74) is 0. The summed E-state index contributed by atoms with van der Waals surface area (Å²) in [4.78, 5) is 11.3. The molecule has 0 aromatic rings. The highest BCUT2D eigenvalue weighted by molar-refractivity contribution is 5.75. The van der Waals surface area contributed by atoms with Crippen LogP contribution in [0, 0.1) is 0 Å². The van der Waals surface area contributed by atoms with Crippen molar-refractivity contribution in [2.45, 2.75) is 84.0 Å². The molecule has 0 aromatic carbocycles. The molecule has 0 aliphatic carbocycles. The van der Waals surface area contributed by atoms with Gasteiger partial charge in [0, 0.05) is 13.0 Å². The minimum Gasteiger partial charge on any atom is -0.395 e. The molecule has 0 spiro atoms. The van der Waals surface area contributed by atoms with Crippen LogP contribution >= 0.6 is 0 Å². The number of amides is 1. The number of allylic oxidation sites excluding steroid dienone is 6. The van der Waals surface area contributed by atoms with E-state index >= 15 is 0 Å². The van der Waals surface area contributed by atoms with E-state index in [0.717, 1.165) is 32.1 Å². The Hall–Kier alpha value is -1.35. The fourth-order valence-corrected chi connectivity index (χ4v) is 2.47.